The molecule has 0 saturated heterocycles. The number of rotatable bonds is 3. The zero-order chi connectivity index (χ0) is 14.7. The summed E-state index contributed by atoms with van der Waals surface area (Å²) in [6.07, 6.45) is 0. The van der Waals surface area contributed by atoms with Crippen molar-refractivity contribution < 1.29 is 4.79 Å². The lowest BCUT2D eigenvalue weighted by molar-refractivity contribution is 0.0939. The molecule has 2 nitrogen and oxygen atoms in total. The minimum absolute atomic E-state index is 0.0199. The van der Waals surface area contributed by atoms with Crippen LogP contribution in [0.25, 0.3) is 0 Å². The maximum absolute atomic E-state index is 12.4. The summed E-state index contributed by atoms with van der Waals surface area (Å²) in [5.74, 6) is -0.0638. The van der Waals surface area contributed by atoms with Crippen LogP contribution in [0.1, 0.15) is 34.5 Å². The van der Waals surface area contributed by atoms with E-state index in [-0.39, 0.29) is 11.9 Å². The summed E-state index contributed by atoms with van der Waals surface area (Å²) in [6.45, 7) is 4.06. The van der Waals surface area contributed by atoms with Crippen LogP contribution < -0.4 is 5.32 Å². The van der Waals surface area contributed by atoms with Gasteiger partial charge < -0.3 is 5.32 Å². The number of halogens is 2. The van der Waals surface area contributed by atoms with Crippen molar-refractivity contribution in [2.24, 2.45) is 0 Å². The van der Waals surface area contributed by atoms with E-state index in [1.165, 1.54) is 5.56 Å². The average molecular weight is 444 g/mol. The molecule has 0 aliphatic carbocycles. The van der Waals surface area contributed by atoms with E-state index in [4.69, 9.17) is 0 Å². The first-order valence-electron chi connectivity index (χ1n) is 6.30. The van der Waals surface area contributed by atoms with Gasteiger partial charge in [0.25, 0.3) is 5.91 Å². The van der Waals surface area contributed by atoms with Crippen LogP contribution >= 0.6 is 38.5 Å². The highest BCUT2D eigenvalue weighted by atomic mass is 127. The highest BCUT2D eigenvalue weighted by Crippen LogP contribution is 2.22. The molecule has 0 aliphatic heterocycles. The van der Waals surface area contributed by atoms with Gasteiger partial charge in [-0.3, -0.25) is 4.79 Å². The van der Waals surface area contributed by atoms with Crippen molar-refractivity contribution in [3.05, 3.63) is 67.2 Å². The van der Waals surface area contributed by atoms with Gasteiger partial charge in [0.05, 0.1) is 11.6 Å². The van der Waals surface area contributed by atoms with E-state index in [2.05, 4.69) is 56.8 Å². The Morgan fingerprint density at radius 1 is 1.25 bits per heavy atom. The van der Waals surface area contributed by atoms with Gasteiger partial charge in [-0.25, -0.2) is 0 Å². The van der Waals surface area contributed by atoms with Crippen LogP contribution in [-0.4, -0.2) is 5.91 Å². The summed E-state index contributed by atoms with van der Waals surface area (Å²) < 4.78 is 1.85. The van der Waals surface area contributed by atoms with Gasteiger partial charge in [0.15, 0.2) is 0 Å². The van der Waals surface area contributed by atoms with Gasteiger partial charge in [0, 0.05) is 8.04 Å². The van der Waals surface area contributed by atoms with Crippen molar-refractivity contribution in [3.63, 3.8) is 0 Å². The summed E-state index contributed by atoms with van der Waals surface area (Å²) >= 11 is 5.63. The molecular formula is C16H15BrINO. The molecule has 1 N–H and O–H groups in total. The minimum atomic E-state index is -0.0638. The predicted octanol–water partition coefficient (Wildman–Crippen LogP) is 4.85. The smallest absolute Gasteiger partial charge is 0.252 e. The van der Waals surface area contributed by atoms with Crippen molar-refractivity contribution in [2.45, 2.75) is 19.9 Å². The molecule has 0 aliphatic rings. The normalized spacial score (nSPS) is 12.0. The van der Waals surface area contributed by atoms with Gasteiger partial charge in [0.2, 0.25) is 0 Å². The topological polar surface area (TPSA) is 29.1 Å². The molecular weight excluding hydrogens is 429 g/mol. The monoisotopic (exact) mass is 443 g/mol. The van der Waals surface area contributed by atoms with Gasteiger partial charge in [-0.2, -0.15) is 0 Å². The first-order chi connectivity index (χ1) is 9.49. The van der Waals surface area contributed by atoms with Crippen LogP contribution in [0.4, 0.5) is 0 Å². The highest BCUT2D eigenvalue weighted by Gasteiger charge is 2.15. The first kappa shape index (κ1) is 15.5. The molecule has 1 atom stereocenters. The lowest BCUT2D eigenvalue weighted by Crippen LogP contribution is -2.27. The van der Waals surface area contributed by atoms with Crippen molar-refractivity contribution >= 4 is 44.4 Å². The predicted molar refractivity (Wildman–Crippen MR) is 93.9 cm³/mol. The van der Waals surface area contributed by atoms with Crippen LogP contribution in [0, 0.1) is 10.5 Å². The molecule has 1 unspecified atom stereocenters. The Morgan fingerprint density at radius 3 is 2.65 bits per heavy atom. The molecule has 104 valence electrons. The lowest BCUT2D eigenvalue weighted by Gasteiger charge is -2.17. The second-order valence-corrected chi connectivity index (χ2v) is 6.78. The maximum Gasteiger partial charge on any atom is 0.252 e. The van der Waals surface area contributed by atoms with E-state index in [1.54, 1.807) is 0 Å². The quantitative estimate of drug-likeness (QED) is 0.674. The number of carbonyl (C=O) groups is 1. The Kier molecular flexibility index (Phi) is 5.21. The molecule has 20 heavy (non-hydrogen) atoms. The SMILES string of the molecule is Cc1ccccc1C(C)NC(=O)c1cc(I)ccc1Br. The number of aryl methyl sites for hydroxylation is 1. The van der Waals surface area contributed by atoms with Gasteiger partial charge in [0.1, 0.15) is 0 Å². The number of hydrogen-bond acceptors (Lipinski definition) is 1. The van der Waals surface area contributed by atoms with E-state index < -0.39 is 0 Å². The largest absolute Gasteiger partial charge is 0.345 e. The van der Waals surface area contributed by atoms with Gasteiger partial charge >= 0.3 is 0 Å². The van der Waals surface area contributed by atoms with Crippen LogP contribution in [-0.2, 0) is 0 Å². The maximum atomic E-state index is 12.4. The fourth-order valence-electron chi connectivity index (χ4n) is 2.10. The standard InChI is InChI=1S/C16H15BrINO/c1-10-5-3-4-6-13(10)11(2)19-16(20)14-9-12(18)7-8-15(14)17/h3-9,11H,1-2H3,(H,19,20). The number of hydrogen-bond donors (Lipinski definition) is 1. The molecule has 0 heterocycles. The van der Waals surface area contributed by atoms with Crippen LogP contribution in [0.5, 0.6) is 0 Å². The molecule has 0 saturated carbocycles. The van der Waals surface area contributed by atoms with Crippen LogP contribution in [0.15, 0.2) is 46.9 Å². The second-order valence-electron chi connectivity index (χ2n) is 4.68. The summed E-state index contributed by atoms with van der Waals surface area (Å²) in [4.78, 5) is 12.4. The third-order valence-electron chi connectivity index (χ3n) is 3.18. The number of benzene rings is 2. The summed E-state index contributed by atoms with van der Waals surface area (Å²) in [5, 5.41) is 3.05. The number of carbonyl (C=O) groups excluding carboxylic acids is 1. The Balaban J connectivity index is 2.20. The van der Waals surface area contributed by atoms with Crippen LogP contribution in [0.2, 0.25) is 0 Å². The average Bonchev–Trinajstić information content (AvgIpc) is 2.41. The third kappa shape index (κ3) is 3.61. The zero-order valence-corrected chi connectivity index (χ0v) is 15.0. The van der Waals surface area contributed by atoms with E-state index in [9.17, 15) is 4.79 Å². The second kappa shape index (κ2) is 6.72. The number of amides is 1. The summed E-state index contributed by atoms with van der Waals surface area (Å²) in [7, 11) is 0. The van der Waals surface area contributed by atoms with Gasteiger partial charge in [-0.05, 0) is 81.7 Å². The van der Waals surface area contributed by atoms with E-state index >= 15 is 0 Å². The fourth-order valence-corrected chi connectivity index (χ4v) is 3.01. The Morgan fingerprint density at radius 2 is 1.95 bits per heavy atom. The zero-order valence-electron chi connectivity index (χ0n) is 11.3. The van der Waals surface area contributed by atoms with E-state index in [0.717, 1.165) is 13.6 Å². The Labute approximate surface area is 141 Å². The van der Waals surface area contributed by atoms with Crippen LogP contribution in [0.3, 0.4) is 0 Å². The molecule has 0 fully saturated rings. The van der Waals surface area contributed by atoms with Crippen molar-refractivity contribution in [1.82, 2.24) is 5.32 Å². The van der Waals surface area contributed by atoms with E-state index in [0.29, 0.717) is 5.56 Å². The van der Waals surface area contributed by atoms with Crippen molar-refractivity contribution in [3.8, 4) is 0 Å². The fraction of sp³-hybridized carbons (Fsp3) is 0.188. The Hall–Kier alpha value is -0.880. The summed E-state index contributed by atoms with van der Waals surface area (Å²) in [6, 6.07) is 13.8. The lowest BCUT2D eigenvalue weighted by atomic mass is 10.0. The highest BCUT2D eigenvalue weighted by molar-refractivity contribution is 14.1. The minimum Gasteiger partial charge on any atom is -0.345 e. The Bertz CT molecular complexity index is 642. The molecule has 0 radical (unpaired) electrons. The molecule has 0 bridgehead atoms. The third-order valence-corrected chi connectivity index (χ3v) is 4.54. The summed E-state index contributed by atoms with van der Waals surface area (Å²) in [5.41, 5.74) is 2.99. The van der Waals surface area contributed by atoms with E-state index in [1.807, 2.05) is 43.3 Å². The molecule has 0 aromatic heterocycles. The number of nitrogens with one attached hydrogen (secondary N) is 1. The molecule has 2 aromatic rings. The molecule has 1 amide bonds. The molecule has 2 aromatic carbocycles. The first-order valence-corrected chi connectivity index (χ1v) is 8.17. The molecule has 4 heteroatoms. The molecule has 2 rings (SSSR count). The molecule has 0 spiro atoms. The van der Waals surface area contributed by atoms with Gasteiger partial charge in [-0.1, -0.05) is 24.3 Å². The van der Waals surface area contributed by atoms with Gasteiger partial charge in [-0.15, -0.1) is 0 Å². The van der Waals surface area contributed by atoms with Crippen molar-refractivity contribution in [2.75, 3.05) is 0 Å². The van der Waals surface area contributed by atoms with Crippen molar-refractivity contribution in [1.29, 1.82) is 0 Å².